The van der Waals surface area contributed by atoms with Crippen molar-refractivity contribution in [3.63, 3.8) is 0 Å². The molecule has 0 fully saturated rings. The zero-order valence-corrected chi connectivity index (χ0v) is 8.79. The fraction of sp³-hybridized carbons (Fsp3) is 0.300. The Labute approximate surface area is 88.5 Å². The first kappa shape index (κ1) is 9.43. The Morgan fingerprint density at radius 3 is 2.86 bits per heavy atom. The molecule has 0 aromatic heterocycles. The maximum absolute atomic E-state index is 9.58. The van der Waals surface area contributed by atoms with Crippen molar-refractivity contribution in [2.75, 3.05) is 18.1 Å². The summed E-state index contributed by atoms with van der Waals surface area (Å²) < 4.78 is 0. The molecule has 1 aromatic rings. The molecule has 2 rings (SSSR count). The molecule has 0 saturated heterocycles. The highest BCUT2D eigenvalue weighted by molar-refractivity contribution is 7.80. The van der Waals surface area contributed by atoms with E-state index in [1.807, 2.05) is 24.3 Å². The van der Waals surface area contributed by atoms with Crippen molar-refractivity contribution < 1.29 is 5.21 Å². The normalized spacial score (nSPS) is 15.7. The van der Waals surface area contributed by atoms with E-state index in [1.54, 1.807) is 0 Å². The van der Waals surface area contributed by atoms with Gasteiger partial charge < -0.3 is 4.90 Å². The van der Waals surface area contributed by atoms with Crippen molar-refractivity contribution in [3.8, 4) is 0 Å². The minimum Gasteiger partial charge on any atom is -0.351 e. The lowest BCUT2D eigenvalue weighted by Crippen LogP contribution is -2.44. The van der Waals surface area contributed by atoms with Crippen LogP contribution in [0.2, 0.25) is 0 Å². The molecule has 0 aliphatic carbocycles. The van der Waals surface area contributed by atoms with Gasteiger partial charge in [0.25, 0.3) is 0 Å². The van der Waals surface area contributed by atoms with Gasteiger partial charge in [-0.1, -0.05) is 24.4 Å². The van der Waals surface area contributed by atoms with Gasteiger partial charge in [0.1, 0.15) is 11.7 Å². The zero-order chi connectivity index (χ0) is 10.1. The fourth-order valence-corrected chi connectivity index (χ4v) is 1.87. The average Bonchev–Trinajstić information content (AvgIpc) is 2.23. The summed E-state index contributed by atoms with van der Waals surface area (Å²) in [5.41, 5.74) is 2.03. The minimum atomic E-state index is 0.451. The Bertz CT molecular complexity index is 367. The molecule has 4 heteroatoms. The lowest BCUT2D eigenvalue weighted by molar-refractivity contribution is -0.0124. The van der Waals surface area contributed by atoms with Crippen LogP contribution >= 0.6 is 12.2 Å². The number of hydrogen-bond donors (Lipinski definition) is 1. The van der Waals surface area contributed by atoms with E-state index in [2.05, 4.69) is 11.8 Å². The maximum atomic E-state index is 9.58. The number of hydroxylamine groups is 2. The van der Waals surface area contributed by atoms with Crippen LogP contribution in [0, 0.1) is 0 Å². The second-order valence-corrected chi connectivity index (χ2v) is 3.61. The van der Waals surface area contributed by atoms with E-state index in [9.17, 15) is 5.21 Å². The maximum Gasteiger partial charge on any atom is 0.137 e. The quantitative estimate of drug-likeness (QED) is 0.713. The van der Waals surface area contributed by atoms with Crippen LogP contribution in [0.5, 0.6) is 0 Å². The van der Waals surface area contributed by atoms with Crippen molar-refractivity contribution in [1.29, 1.82) is 0 Å². The molecule has 74 valence electrons. The van der Waals surface area contributed by atoms with E-state index in [-0.39, 0.29) is 0 Å². The zero-order valence-electron chi connectivity index (χ0n) is 7.97. The minimum absolute atomic E-state index is 0.451. The van der Waals surface area contributed by atoms with Gasteiger partial charge in [-0.05, 0) is 19.1 Å². The van der Waals surface area contributed by atoms with Crippen molar-refractivity contribution in [2.24, 2.45) is 0 Å². The number of hydrogen-bond acceptors (Lipinski definition) is 3. The molecule has 14 heavy (non-hydrogen) atoms. The predicted molar refractivity (Wildman–Crippen MR) is 59.7 cm³/mol. The Morgan fingerprint density at radius 1 is 1.43 bits per heavy atom. The van der Waals surface area contributed by atoms with Crippen molar-refractivity contribution in [1.82, 2.24) is 5.06 Å². The van der Waals surface area contributed by atoms with E-state index in [0.29, 0.717) is 11.7 Å². The lowest BCUT2D eigenvalue weighted by Gasteiger charge is -2.35. The molecule has 1 heterocycles. The van der Waals surface area contributed by atoms with Gasteiger partial charge in [-0.25, -0.2) is 5.06 Å². The van der Waals surface area contributed by atoms with E-state index >= 15 is 0 Å². The van der Waals surface area contributed by atoms with E-state index < -0.39 is 0 Å². The molecule has 0 bridgehead atoms. The number of fused-ring (bicyclic) bond motifs is 1. The molecule has 1 aliphatic heterocycles. The van der Waals surface area contributed by atoms with Gasteiger partial charge in [-0.15, -0.1) is 0 Å². The van der Waals surface area contributed by atoms with Crippen LogP contribution in [-0.4, -0.2) is 28.5 Å². The smallest absolute Gasteiger partial charge is 0.137 e. The Balaban J connectivity index is 2.49. The summed E-state index contributed by atoms with van der Waals surface area (Å²) in [6, 6.07) is 7.87. The summed E-state index contributed by atoms with van der Waals surface area (Å²) in [6.45, 7) is 3.36. The molecule has 0 atom stereocenters. The van der Waals surface area contributed by atoms with Crippen LogP contribution in [0.3, 0.4) is 0 Å². The van der Waals surface area contributed by atoms with Crippen LogP contribution in [0.15, 0.2) is 24.3 Å². The molecule has 0 spiro atoms. The van der Waals surface area contributed by atoms with E-state index in [0.717, 1.165) is 22.9 Å². The summed E-state index contributed by atoms with van der Waals surface area (Å²) >= 11 is 5.13. The molecule has 1 aliphatic rings. The molecule has 1 aromatic carbocycles. The van der Waals surface area contributed by atoms with Crippen molar-refractivity contribution in [3.05, 3.63) is 29.8 Å². The first-order valence-corrected chi connectivity index (χ1v) is 4.99. The molecule has 3 nitrogen and oxygen atoms in total. The molecular formula is C10H12N2OS. The monoisotopic (exact) mass is 208 g/mol. The van der Waals surface area contributed by atoms with Crippen LogP contribution in [-0.2, 0) is 0 Å². The highest BCUT2D eigenvalue weighted by Crippen LogP contribution is 2.26. The van der Waals surface area contributed by atoms with E-state index in [1.165, 1.54) is 0 Å². The second-order valence-electron chi connectivity index (χ2n) is 3.22. The van der Waals surface area contributed by atoms with Gasteiger partial charge >= 0.3 is 0 Å². The van der Waals surface area contributed by atoms with Gasteiger partial charge in [-0.3, -0.25) is 5.21 Å². The first-order chi connectivity index (χ1) is 6.74. The van der Waals surface area contributed by atoms with Gasteiger partial charge in [0, 0.05) is 17.8 Å². The van der Waals surface area contributed by atoms with Gasteiger partial charge in [0.2, 0.25) is 0 Å². The third-order valence-electron chi connectivity index (χ3n) is 2.40. The third-order valence-corrected chi connectivity index (χ3v) is 2.83. The van der Waals surface area contributed by atoms with Gasteiger partial charge in [-0.2, -0.15) is 0 Å². The number of para-hydroxylation sites is 1. The molecular weight excluding hydrogens is 196 g/mol. The van der Waals surface area contributed by atoms with Crippen LogP contribution in [0.25, 0.3) is 0 Å². The highest BCUT2D eigenvalue weighted by Gasteiger charge is 2.23. The molecule has 0 unspecified atom stereocenters. The predicted octanol–water partition coefficient (Wildman–Crippen LogP) is 1.85. The average molecular weight is 208 g/mol. The Hall–Kier alpha value is -1.13. The van der Waals surface area contributed by atoms with Crippen LogP contribution < -0.4 is 4.90 Å². The van der Waals surface area contributed by atoms with Crippen molar-refractivity contribution in [2.45, 2.75) is 6.92 Å². The molecule has 0 amide bonds. The molecule has 0 saturated carbocycles. The number of anilines is 1. The summed E-state index contributed by atoms with van der Waals surface area (Å²) in [5.74, 6) is 0. The summed E-state index contributed by atoms with van der Waals surface area (Å²) in [6.07, 6.45) is 0. The SMILES string of the molecule is CCN1CN(O)C(=S)c2ccccc21. The number of rotatable bonds is 1. The standard InChI is InChI=1S/C10H12N2OS/c1-2-11-7-12(13)10(14)8-5-3-4-6-9(8)11/h3-6,13H,2,7H2,1H3. The summed E-state index contributed by atoms with van der Waals surface area (Å²) in [4.78, 5) is 2.58. The van der Waals surface area contributed by atoms with Crippen molar-refractivity contribution >= 4 is 22.9 Å². The number of benzene rings is 1. The largest absolute Gasteiger partial charge is 0.351 e. The fourth-order valence-electron chi connectivity index (χ4n) is 1.64. The van der Waals surface area contributed by atoms with Crippen LogP contribution in [0.4, 0.5) is 5.69 Å². The number of nitrogens with zero attached hydrogens (tertiary/aromatic N) is 2. The second kappa shape index (κ2) is 3.55. The molecule has 0 radical (unpaired) electrons. The highest BCUT2D eigenvalue weighted by atomic mass is 32.1. The van der Waals surface area contributed by atoms with Crippen LogP contribution in [0.1, 0.15) is 12.5 Å². The lowest BCUT2D eigenvalue weighted by atomic mass is 10.1. The summed E-state index contributed by atoms with van der Waals surface area (Å²) in [7, 11) is 0. The Kier molecular flexibility index (Phi) is 2.39. The third kappa shape index (κ3) is 1.36. The Morgan fingerprint density at radius 2 is 2.14 bits per heavy atom. The first-order valence-electron chi connectivity index (χ1n) is 4.58. The van der Waals surface area contributed by atoms with Gasteiger partial charge in [0.15, 0.2) is 0 Å². The van der Waals surface area contributed by atoms with E-state index in [4.69, 9.17) is 12.2 Å². The summed E-state index contributed by atoms with van der Waals surface area (Å²) in [5, 5.41) is 10.7. The number of thiocarbonyl (C=S) groups is 1. The molecule has 1 N–H and O–H groups in total. The topological polar surface area (TPSA) is 26.7 Å². The van der Waals surface area contributed by atoms with Gasteiger partial charge in [0.05, 0.1) is 0 Å².